The van der Waals surface area contributed by atoms with Gasteiger partial charge in [0.2, 0.25) is 5.91 Å². The number of rotatable bonds is 4. The molecule has 0 rings (SSSR count). The van der Waals surface area contributed by atoms with Gasteiger partial charge in [-0.3, -0.25) is 4.79 Å². The molecule has 0 aliphatic rings. The molecule has 0 aromatic heterocycles. The monoisotopic (exact) mass is 216 g/mol. The summed E-state index contributed by atoms with van der Waals surface area (Å²) in [6.07, 6.45) is 0. The van der Waals surface area contributed by atoms with E-state index in [1.54, 1.807) is 0 Å². The number of carbonyl (C=O) groups is 2. The molecule has 0 saturated heterocycles. The fourth-order valence-electron chi connectivity index (χ4n) is 0.875. The highest BCUT2D eigenvalue weighted by Crippen LogP contribution is 2.16. The van der Waals surface area contributed by atoms with Gasteiger partial charge in [0.1, 0.15) is 0 Å². The van der Waals surface area contributed by atoms with Crippen LogP contribution in [0.25, 0.3) is 0 Å². The fraction of sp³-hybridized carbons (Fsp3) is 0.778. The number of hydrogen-bond donors (Lipinski definition) is 4. The van der Waals surface area contributed by atoms with Crippen molar-refractivity contribution >= 4 is 11.9 Å². The lowest BCUT2D eigenvalue weighted by Crippen LogP contribution is -2.50. The van der Waals surface area contributed by atoms with Crippen LogP contribution in [-0.2, 0) is 4.79 Å². The van der Waals surface area contributed by atoms with Crippen molar-refractivity contribution in [1.29, 1.82) is 0 Å². The Hall–Kier alpha value is -1.30. The van der Waals surface area contributed by atoms with Crippen molar-refractivity contribution in [3.63, 3.8) is 0 Å². The van der Waals surface area contributed by atoms with Gasteiger partial charge in [0.25, 0.3) is 0 Å². The quantitative estimate of drug-likeness (QED) is 0.459. The predicted octanol–water partition coefficient (Wildman–Crippen LogP) is -0.856. The van der Waals surface area contributed by atoms with Gasteiger partial charge < -0.3 is 22.1 Å². The summed E-state index contributed by atoms with van der Waals surface area (Å²) in [5.41, 5.74) is 10.3. The number of nitrogens with one attached hydrogen (secondary N) is 2. The zero-order chi connectivity index (χ0) is 12.1. The van der Waals surface area contributed by atoms with Crippen LogP contribution >= 0.6 is 0 Å². The Kier molecular flexibility index (Phi) is 5.07. The molecule has 0 aromatic rings. The van der Waals surface area contributed by atoms with Crippen molar-refractivity contribution in [1.82, 2.24) is 10.6 Å². The van der Waals surface area contributed by atoms with Crippen molar-refractivity contribution in [2.75, 3.05) is 13.1 Å². The van der Waals surface area contributed by atoms with Crippen LogP contribution in [0.15, 0.2) is 0 Å². The number of carbonyl (C=O) groups excluding carboxylic acids is 2. The lowest BCUT2D eigenvalue weighted by Gasteiger charge is -2.25. The second-order valence-electron chi connectivity index (χ2n) is 4.43. The van der Waals surface area contributed by atoms with Crippen LogP contribution in [0.1, 0.15) is 20.8 Å². The minimum Gasteiger partial charge on any atom is -0.353 e. The van der Waals surface area contributed by atoms with Crippen molar-refractivity contribution in [3.8, 4) is 0 Å². The van der Waals surface area contributed by atoms with Crippen molar-refractivity contribution in [2.24, 2.45) is 16.9 Å². The normalized spacial score (nSPS) is 13.1. The van der Waals surface area contributed by atoms with Gasteiger partial charge in [-0.25, -0.2) is 4.79 Å². The van der Waals surface area contributed by atoms with Gasteiger partial charge in [-0.05, 0) is 5.41 Å². The number of amides is 3. The molecule has 6 heteroatoms. The van der Waals surface area contributed by atoms with Crippen LogP contribution in [0.2, 0.25) is 0 Å². The van der Waals surface area contributed by atoms with Crippen LogP contribution in [0.3, 0.4) is 0 Å². The molecule has 0 heterocycles. The van der Waals surface area contributed by atoms with Crippen molar-refractivity contribution in [2.45, 2.75) is 26.8 Å². The van der Waals surface area contributed by atoms with Crippen molar-refractivity contribution in [3.05, 3.63) is 0 Å². The maximum Gasteiger partial charge on any atom is 0.312 e. The second kappa shape index (κ2) is 5.55. The van der Waals surface area contributed by atoms with E-state index in [2.05, 4.69) is 10.6 Å². The zero-order valence-electron chi connectivity index (χ0n) is 9.46. The largest absolute Gasteiger partial charge is 0.353 e. The number of primary amides is 1. The summed E-state index contributed by atoms with van der Waals surface area (Å²) in [6, 6.07) is -1.17. The van der Waals surface area contributed by atoms with Crippen molar-refractivity contribution < 1.29 is 9.59 Å². The summed E-state index contributed by atoms with van der Waals surface area (Å²) in [6.45, 7) is 6.29. The van der Waals surface area contributed by atoms with E-state index >= 15 is 0 Å². The summed E-state index contributed by atoms with van der Waals surface area (Å²) >= 11 is 0. The molecule has 6 nitrogen and oxygen atoms in total. The van der Waals surface area contributed by atoms with Gasteiger partial charge in [0, 0.05) is 13.1 Å². The molecule has 0 bridgehead atoms. The van der Waals surface area contributed by atoms with E-state index < -0.39 is 12.1 Å². The first-order valence-electron chi connectivity index (χ1n) is 4.81. The first-order valence-corrected chi connectivity index (χ1v) is 4.81. The predicted molar refractivity (Wildman–Crippen MR) is 58.0 cm³/mol. The minimum absolute atomic E-state index is 0.228. The third kappa shape index (κ3) is 5.90. The second-order valence-corrected chi connectivity index (χ2v) is 4.43. The summed E-state index contributed by atoms with van der Waals surface area (Å²) in [7, 11) is 0. The van der Waals surface area contributed by atoms with E-state index in [0.717, 1.165) is 0 Å². The third-order valence-corrected chi connectivity index (χ3v) is 1.94. The average molecular weight is 216 g/mol. The molecular weight excluding hydrogens is 196 g/mol. The van der Waals surface area contributed by atoms with E-state index in [0.29, 0.717) is 13.1 Å². The lowest BCUT2D eigenvalue weighted by molar-refractivity contribution is -0.124. The molecule has 0 aliphatic heterocycles. The van der Waals surface area contributed by atoms with Crippen LogP contribution in [0, 0.1) is 5.41 Å². The highest BCUT2D eigenvalue weighted by atomic mass is 16.2. The van der Waals surface area contributed by atoms with Crippen LogP contribution < -0.4 is 22.1 Å². The molecule has 0 saturated carbocycles. The molecule has 1 atom stereocenters. The number of nitrogens with two attached hydrogens (primary N) is 2. The highest BCUT2D eigenvalue weighted by molar-refractivity contribution is 5.82. The maximum absolute atomic E-state index is 11.5. The Bertz CT molecular complexity index is 235. The molecule has 1 unspecified atom stereocenters. The molecule has 0 fully saturated rings. The molecule has 0 spiro atoms. The van der Waals surface area contributed by atoms with E-state index in [1.165, 1.54) is 0 Å². The smallest absolute Gasteiger partial charge is 0.312 e. The Morgan fingerprint density at radius 3 is 2.07 bits per heavy atom. The molecule has 0 aromatic carbocycles. The Morgan fingerprint density at radius 2 is 1.67 bits per heavy atom. The van der Waals surface area contributed by atoms with Crippen LogP contribution in [0.5, 0.6) is 0 Å². The Morgan fingerprint density at radius 1 is 1.20 bits per heavy atom. The third-order valence-electron chi connectivity index (χ3n) is 1.94. The average Bonchev–Trinajstić information content (AvgIpc) is 2.09. The standard InChI is InChI=1S/C9H20N4O2/c1-9(2,3)6(10)7(14)12-4-5-13-8(11)15/h6H,4-5,10H2,1-3H3,(H,12,14)(H3,11,13,15). The topological polar surface area (TPSA) is 110 Å². The first-order chi connectivity index (χ1) is 6.75. The summed E-state index contributed by atoms with van der Waals surface area (Å²) in [4.78, 5) is 21.8. The van der Waals surface area contributed by atoms with Gasteiger partial charge in [-0.15, -0.1) is 0 Å². The van der Waals surface area contributed by atoms with E-state index in [-0.39, 0.29) is 11.3 Å². The highest BCUT2D eigenvalue weighted by Gasteiger charge is 2.26. The van der Waals surface area contributed by atoms with E-state index in [9.17, 15) is 9.59 Å². The molecular formula is C9H20N4O2. The summed E-state index contributed by atoms with van der Waals surface area (Å²) in [5.74, 6) is -0.228. The SMILES string of the molecule is CC(C)(C)C(N)C(=O)NCCNC(N)=O. The summed E-state index contributed by atoms with van der Waals surface area (Å²) < 4.78 is 0. The maximum atomic E-state index is 11.5. The molecule has 88 valence electrons. The van der Waals surface area contributed by atoms with Gasteiger partial charge in [0.15, 0.2) is 0 Å². The van der Waals surface area contributed by atoms with Crippen LogP contribution in [-0.4, -0.2) is 31.1 Å². The lowest BCUT2D eigenvalue weighted by atomic mass is 9.87. The minimum atomic E-state index is -0.607. The summed E-state index contributed by atoms with van der Waals surface area (Å²) in [5, 5.41) is 4.97. The van der Waals surface area contributed by atoms with Gasteiger partial charge in [0.05, 0.1) is 6.04 Å². The Balaban J connectivity index is 3.80. The zero-order valence-corrected chi connectivity index (χ0v) is 9.46. The molecule has 15 heavy (non-hydrogen) atoms. The molecule has 3 amide bonds. The van der Waals surface area contributed by atoms with Gasteiger partial charge >= 0.3 is 6.03 Å². The number of urea groups is 1. The Labute approximate surface area is 89.8 Å². The number of hydrogen-bond acceptors (Lipinski definition) is 3. The molecule has 0 aliphatic carbocycles. The fourth-order valence-corrected chi connectivity index (χ4v) is 0.875. The van der Waals surface area contributed by atoms with Crippen LogP contribution in [0.4, 0.5) is 4.79 Å². The van der Waals surface area contributed by atoms with Gasteiger partial charge in [-0.1, -0.05) is 20.8 Å². The molecule has 6 N–H and O–H groups in total. The first kappa shape index (κ1) is 13.7. The van der Waals surface area contributed by atoms with Gasteiger partial charge in [-0.2, -0.15) is 0 Å². The van der Waals surface area contributed by atoms with E-state index in [4.69, 9.17) is 11.5 Å². The molecule has 0 radical (unpaired) electrons. The van der Waals surface area contributed by atoms with E-state index in [1.807, 2.05) is 20.8 Å².